The number of nitrogens with zero attached hydrogens (tertiary/aromatic N) is 1. The summed E-state index contributed by atoms with van der Waals surface area (Å²) in [5.74, 6) is 0.629. The zero-order valence-corrected chi connectivity index (χ0v) is 13.7. The number of hydrogen-bond donors (Lipinski definition) is 1. The smallest absolute Gasteiger partial charge is 0.0810 e. The molecule has 2 aromatic rings. The molecule has 114 valence electrons. The molecule has 0 fully saturated rings. The molecule has 2 nitrogen and oxygen atoms in total. The van der Waals surface area contributed by atoms with Crippen LogP contribution in [0.3, 0.4) is 0 Å². The van der Waals surface area contributed by atoms with Crippen LogP contribution in [0.5, 0.6) is 0 Å². The minimum Gasteiger partial charge on any atom is -0.340 e. The van der Waals surface area contributed by atoms with Crippen LogP contribution in [0, 0.1) is 5.92 Å². The van der Waals surface area contributed by atoms with Crippen LogP contribution in [0.2, 0.25) is 0 Å². The first kappa shape index (κ1) is 14.9. The number of fused-ring (bicyclic) bond motifs is 2. The van der Waals surface area contributed by atoms with Crippen LogP contribution in [0.4, 0.5) is 11.4 Å². The molecule has 0 saturated carbocycles. The molecule has 0 radical (unpaired) electrons. The van der Waals surface area contributed by atoms with Crippen LogP contribution in [-0.2, 0) is 0 Å². The van der Waals surface area contributed by atoms with E-state index in [0.717, 1.165) is 6.54 Å². The summed E-state index contributed by atoms with van der Waals surface area (Å²) >= 11 is 0. The monoisotopic (exact) mass is 293 g/mol. The van der Waals surface area contributed by atoms with Gasteiger partial charge in [0.05, 0.1) is 20.6 Å². The summed E-state index contributed by atoms with van der Waals surface area (Å²) in [5.41, 5.74) is 5.21. The van der Waals surface area contributed by atoms with Crippen molar-refractivity contribution in [2.75, 3.05) is 32.1 Å². The Bertz CT molecular complexity index is 623. The summed E-state index contributed by atoms with van der Waals surface area (Å²) < 4.78 is 0. The third-order valence-electron chi connectivity index (χ3n) is 4.15. The minimum atomic E-state index is 0.629. The molecular weight excluding hydrogens is 268 g/mol. The van der Waals surface area contributed by atoms with E-state index in [4.69, 9.17) is 0 Å². The van der Waals surface area contributed by atoms with Gasteiger partial charge in [-0.05, 0) is 23.3 Å². The molecule has 1 aliphatic heterocycles. The van der Waals surface area contributed by atoms with Crippen molar-refractivity contribution in [1.29, 1.82) is 0 Å². The van der Waals surface area contributed by atoms with E-state index in [1.807, 2.05) is 0 Å². The lowest BCUT2D eigenvalue weighted by molar-refractivity contribution is -0.861. The van der Waals surface area contributed by atoms with E-state index in [1.54, 1.807) is 0 Å². The number of anilines is 2. The molecule has 22 heavy (non-hydrogen) atoms. The summed E-state index contributed by atoms with van der Waals surface area (Å²) in [4.78, 5) is 3.99. The van der Waals surface area contributed by atoms with E-state index in [1.165, 1.54) is 33.9 Å². The Labute approximate surface area is 133 Å². The Balaban J connectivity index is 2.01. The van der Waals surface area contributed by atoms with Gasteiger partial charge in [-0.3, -0.25) is 0 Å². The van der Waals surface area contributed by atoms with Gasteiger partial charge in [0.1, 0.15) is 0 Å². The third-order valence-corrected chi connectivity index (χ3v) is 4.15. The van der Waals surface area contributed by atoms with Crippen molar-refractivity contribution in [2.45, 2.75) is 6.92 Å². The van der Waals surface area contributed by atoms with E-state index in [-0.39, 0.29) is 0 Å². The highest BCUT2D eigenvalue weighted by Gasteiger charge is 2.20. The van der Waals surface area contributed by atoms with Crippen LogP contribution in [0.25, 0.3) is 12.2 Å². The van der Waals surface area contributed by atoms with Gasteiger partial charge in [0.15, 0.2) is 0 Å². The highest BCUT2D eigenvalue weighted by atomic mass is 15.2. The first-order valence-electron chi connectivity index (χ1n) is 8.08. The van der Waals surface area contributed by atoms with Gasteiger partial charge in [0, 0.05) is 23.8 Å². The summed E-state index contributed by atoms with van der Waals surface area (Å²) in [6.45, 7) is 4.56. The van der Waals surface area contributed by atoms with E-state index < -0.39 is 0 Å². The quantitative estimate of drug-likeness (QED) is 0.910. The molecule has 0 spiro atoms. The number of nitrogens with one attached hydrogen (secondary N) is 1. The van der Waals surface area contributed by atoms with Crippen molar-refractivity contribution in [2.24, 2.45) is 5.92 Å². The summed E-state index contributed by atoms with van der Waals surface area (Å²) in [5, 5.41) is 0. The standard InChI is InChI=1S/C20H24N2/c1-16(14-21(2)3)15-22-19-10-6-4-8-17(19)12-13-18-9-5-7-11-20(18)22/h4-13,16H,14-15H2,1-3H3/p+1/t16-/m0/s1. The number of para-hydroxylation sites is 2. The number of rotatable bonds is 4. The van der Waals surface area contributed by atoms with E-state index in [0.29, 0.717) is 5.92 Å². The van der Waals surface area contributed by atoms with Gasteiger partial charge in [0.2, 0.25) is 0 Å². The Hall–Kier alpha value is -2.06. The molecule has 1 N–H and O–H groups in total. The lowest BCUT2D eigenvalue weighted by atomic mass is 10.1. The molecule has 2 aromatic carbocycles. The SMILES string of the molecule is C[C@H](CN1c2ccccc2C=Cc2ccccc21)C[NH+](C)C. The molecule has 1 aliphatic rings. The highest BCUT2D eigenvalue weighted by Crippen LogP contribution is 2.36. The second-order valence-electron chi connectivity index (χ2n) is 6.58. The van der Waals surface area contributed by atoms with Gasteiger partial charge in [-0.2, -0.15) is 0 Å². The van der Waals surface area contributed by atoms with Crippen molar-refractivity contribution < 1.29 is 4.90 Å². The predicted octanol–water partition coefficient (Wildman–Crippen LogP) is 3.09. The average Bonchev–Trinajstić information content (AvgIpc) is 2.65. The van der Waals surface area contributed by atoms with Crippen LogP contribution < -0.4 is 9.80 Å². The Kier molecular flexibility index (Phi) is 4.30. The summed E-state index contributed by atoms with van der Waals surface area (Å²) in [6, 6.07) is 17.4. The molecule has 3 rings (SSSR count). The van der Waals surface area contributed by atoms with Crippen molar-refractivity contribution in [3.8, 4) is 0 Å². The first-order valence-corrected chi connectivity index (χ1v) is 8.08. The Morgan fingerprint density at radius 1 is 0.864 bits per heavy atom. The Morgan fingerprint density at radius 3 is 1.86 bits per heavy atom. The number of quaternary nitrogens is 1. The van der Waals surface area contributed by atoms with Gasteiger partial charge in [-0.25, -0.2) is 0 Å². The number of benzene rings is 2. The molecule has 2 heteroatoms. The van der Waals surface area contributed by atoms with Crippen molar-refractivity contribution in [3.05, 3.63) is 59.7 Å². The molecule has 0 aliphatic carbocycles. The zero-order chi connectivity index (χ0) is 15.5. The zero-order valence-electron chi connectivity index (χ0n) is 13.7. The van der Waals surface area contributed by atoms with Gasteiger partial charge >= 0.3 is 0 Å². The second-order valence-corrected chi connectivity index (χ2v) is 6.58. The molecule has 1 heterocycles. The lowest BCUT2D eigenvalue weighted by Crippen LogP contribution is -3.06. The third kappa shape index (κ3) is 3.07. The number of hydrogen-bond acceptors (Lipinski definition) is 1. The lowest BCUT2D eigenvalue weighted by Gasteiger charge is -2.30. The summed E-state index contributed by atoms with van der Waals surface area (Å²) in [6.07, 6.45) is 4.46. The van der Waals surface area contributed by atoms with Crippen molar-refractivity contribution in [3.63, 3.8) is 0 Å². The average molecular weight is 293 g/mol. The van der Waals surface area contributed by atoms with Crippen molar-refractivity contribution >= 4 is 23.5 Å². The molecule has 0 amide bonds. The molecular formula is C20H25N2+. The molecule has 0 saturated heterocycles. The van der Waals surface area contributed by atoms with E-state index >= 15 is 0 Å². The maximum Gasteiger partial charge on any atom is 0.0810 e. The largest absolute Gasteiger partial charge is 0.340 e. The maximum absolute atomic E-state index is 2.48. The fourth-order valence-electron chi connectivity index (χ4n) is 3.33. The summed E-state index contributed by atoms with van der Waals surface area (Å²) in [7, 11) is 4.45. The van der Waals surface area contributed by atoms with Gasteiger partial charge in [0.25, 0.3) is 0 Å². The highest BCUT2D eigenvalue weighted by molar-refractivity contribution is 5.88. The Morgan fingerprint density at radius 2 is 1.36 bits per heavy atom. The normalized spacial score (nSPS) is 14.5. The predicted molar refractivity (Wildman–Crippen MR) is 95.7 cm³/mol. The first-order chi connectivity index (χ1) is 10.6. The van der Waals surface area contributed by atoms with E-state index in [9.17, 15) is 0 Å². The fraction of sp³-hybridized carbons (Fsp3) is 0.300. The van der Waals surface area contributed by atoms with Crippen LogP contribution in [0.15, 0.2) is 48.5 Å². The van der Waals surface area contributed by atoms with Gasteiger partial charge in [-0.15, -0.1) is 0 Å². The minimum absolute atomic E-state index is 0.629. The van der Waals surface area contributed by atoms with Crippen LogP contribution in [0.1, 0.15) is 18.1 Å². The van der Waals surface area contributed by atoms with Crippen molar-refractivity contribution in [1.82, 2.24) is 0 Å². The van der Waals surface area contributed by atoms with E-state index in [2.05, 4.69) is 86.6 Å². The maximum atomic E-state index is 2.48. The molecule has 0 unspecified atom stereocenters. The topological polar surface area (TPSA) is 7.68 Å². The molecule has 0 aromatic heterocycles. The van der Waals surface area contributed by atoms with Gasteiger partial charge < -0.3 is 9.80 Å². The van der Waals surface area contributed by atoms with Crippen LogP contribution >= 0.6 is 0 Å². The molecule has 1 atom stereocenters. The fourth-order valence-corrected chi connectivity index (χ4v) is 3.33. The van der Waals surface area contributed by atoms with Crippen LogP contribution in [-0.4, -0.2) is 27.2 Å². The molecule has 0 bridgehead atoms. The van der Waals surface area contributed by atoms with Gasteiger partial charge in [-0.1, -0.05) is 55.5 Å². The second kappa shape index (κ2) is 6.37.